The summed E-state index contributed by atoms with van der Waals surface area (Å²) in [5, 5.41) is 0. The second-order valence-corrected chi connectivity index (χ2v) is 6.43. The van der Waals surface area contributed by atoms with E-state index in [1.807, 2.05) is 62.4 Å². The number of hydrazine groups is 1. The molecule has 24 heavy (non-hydrogen) atoms. The molecule has 0 aliphatic carbocycles. The molecule has 0 radical (unpaired) electrons. The maximum Gasteiger partial charge on any atom is 0.262 e. The van der Waals surface area contributed by atoms with E-state index in [2.05, 4.69) is 10.9 Å². The third kappa shape index (κ3) is 6.30. The zero-order chi connectivity index (χ0) is 17.4. The Morgan fingerprint density at radius 1 is 0.917 bits per heavy atom. The first kappa shape index (κ1) is 17.8. The van der Waals surface area contributed by atoms with Crippen LogP contribution in [-0.2, 0) is 9.59 Å². The maximum atomic E-state index is 11.7. The second-order valence-electron chi connectivity index (χ2n) is 5.38. The van der Waals surface area contributed by atoms with Crippen LogP contribution in [0.1, 0.15) is 16.7 Å². The average molecular weight is 340 g/mol. The Morgan fingerprint density at radius 2 is 1.50 bits per heavy atom. The first-order valence-electron chi connectivity index (χ1n) is 7.56. The van der Waals surface area contributed by atoms with Gasteiger partial charge in [0.2, 0.25) is 5.91 Å². The highest BCUT2D eigenvalue weighted by Gasteiger charge is 2.03. The molecular formula is C19H20N2O2S. The minimum atomic E-state index is -0.371. The highest BCUT2D eigenvalue weighted by atomic mass is 32.2. The summed E-state index contributed by atoms with van der Waals surface area (Å²) >= 11 is 1.42. The van der Waals surface area contributed by atoms with Crippen molar-refractivity contribution >= 4 is 29.7 Å². The first-order valence-corrected chi connectivity index (χ1v) is 8.54. The monoisotopic (exact) mass is 340 g/mol. The minimum absolute atomic E-state index is 0.241. The molecule has 0 saturated carbocycles. The molecule has 2 rings (SSSR count). The summed E-state index contributed by atoms with van der Waals surface area (Å²) in [4.78, 5) is 24.4. The molecule has 0 atom stereocenters. The summed E-state index contributed by atoms with van der Waals surface area (Å²) < 4.78 is 0. The fraction of sp³-hybridized carbons (Fsp3) is 0.158. The lowest BCUT2D eigenvalue weighted by Crippen LogP contribution is -2.41. The summed E-state index contributed by atoms with van der Waals surface area (Å²) in [6.45, 7) is 4.02. The van der Waals surface area contributed by atoms with Crippen molar-refractivity contribution in [3.63, 3.8) is 0 Å². The molecule has 124 valence electrons. The van der Waals surface area contributed by atoms with Gasteiger partial charge in [0.25, 0.3) is 5.91 Å². The van der Waals surface area contributed by atoms with Crippen LogP contribution in [0.25, 0.3) is 6.08 Å². The Hall–Kier alpha value is -2.53. The third-order valence-corrected chi connectivity index (χ3v) is 4.23. The lowest BCUT2D eigenvalue weighted by atomic mass is 10.1. The van der Waals surface area contributed by atoms with Crippen molar-refractivity contribution < 1.29 is 9.59 Å². The van der Waals surface area contributed by atoms with Gasteiger partial charge in [-0.3, -0.25) is 20.4 Å². The van der Waals surface area contributed by atoms with Crippen LogP contribution in [0.4, 0.5) is 0 Å². The van der Waals surface area contributed by atoms with E-state index in [9.17, 15) is 9.59 Å². The molecule has 0 heterocycles. The quantitative estimate of drug-likeness (QED) is 0.499. The maximum absolute atomic E-state index is 11.7. The summed E-state index contributed by atoms with van der Waals surface area (Å²) in [7, 11) is 0. The molecule has 0 bridgehead atoms. The van der Waals surface area contributed by atoms with Crippen LogP contribution < -0.4 is 10.9 Å². The largest absolute Gasteiger partial charge is 0.272 e. The predicted molar refractivity (Wildman–Crippen MR) is 98.4 cm³/mol. The number of carbonyl (C=O) groups excluding carboxylic acids is 2. The van der Waals surface area contributed by atoms with Gasteiger partial charge in [0, 0.05) is 11.0 Å². The Bertz CT molecular complexity index is 722. The van der Waals surface area contributed by atoms with E-state index in [0.29, 0.717) is 0 Å². The van der Waals surface area contributed by atoms with E-state index in [1.54, 1.807) is 6.08 Å². The first-order chi connectivity index (χ1) is 11.5. The minimum Gasteiger partial charge on any atom is -0.272 e. The van der Waals surface area contributed by atoms with Gasteiger partial charge in [-0.05, 0) is 37.6 Å². The summed E-state index contributed by atoms with van der Waals surface area (Å²) in [5.74, 6) is -0.382. The number of aryl methyl sites for hydroxylation is 2. The zero-order valence-electron chi connectivity index (χ0n) is 13.7. The fourth-order valence-electron chi connectivity index (χ4n) is 1.84. The van der Waals surface area contributed by atoms with Gasteiger partial charge >= 0.3 is 0 Å². The molecule has 2 aromatic rings. The molecule has 0 aliphatic heterocycles. The zero-order valence-corrected chi connectivity index (χ0v) is 14.5. The van der Waals surface area contributed by atoms with Gasteiger partial charge in [0.05, 0.1) is 5.75 Å². The van der Waals surface area contributed by atoms with Crippen LogP contribution in [0, 0.1) is 13.8 Å². The van der Waals surface area contributed by atoms with Crippen molar-refractivity contribution in [1.82, 2.24) is 10.9 Å². The van der Waals surface area contributed by atoms with Gasteiger partial charge in [0.1, 0.15) is 0 Å². The van der Waals surface area contributed by atoms with Gasteiger partial charge in [-0.2, -0.15) is 0 Å². The number of amides is 2. The summed E-state index contributed by atoms with van der Waals surface area (Å²) in [5.41, 5.74) is 8.04. The smallest absolute Gasteiger partial charge is 0.262 e. The Morgan fingerprint density at radius 3 is 2.12 bits per heavy atom. The summed E-state index contributed by atoms with van der Waals surface area (Å²) in [6, 6.07) is 15.7. The second kappa shape index (κ2) is 8.93. The van der Waals surface area contributed by atoms with Crippen molar-refractivity contribution in [1.29, 1.82) is 0 Å². The van der Waals surface area contributed by atoms with E-state index < -0.39 is 0 Å². The SMILES string of the molecule is Cc1ccc(/C=C/C(=O)NNC(=O)CSc2ccc(C)cc2)cc1. The molecule has 0 aliphatic rings. The Balaban J connectivity index is 1.71. The van der Waals surface area contributed by atoms with Crippen LogP contribution in [0.3, 0.4) is 0 Å². The molecule has 2 aromatic carbocycles. The van der Waals surface area contributed by atoms with Gasteiger partial charge in [-0.1, -0.05) is 47.5 Å². The van der Waals surface area contributed by atoms with Crippen LogP contribution in [-0.4, -0.2) is 17.6 Å². The van der Waals surface area contributed by atoms with E-state index in [-0.39, 0.29) is 17.6 Å². The molecular weight excluding hydrogens is 320 g/mol. The molecule has 2 amide bonds. The van der Waals surface area contributed by atoms with E-state index in [4.69, 9.17) is 0 Å². The number of thioether (sulfide) groups is 1. The normalized spacial score (nSPS) is 10.6. The molecule has 4 nitrogen and oxygen atoms in total. The lowest BCUT2D eigenvalue weighted by Gasteiger charge is -2.05. The van der Waals surface area contributed by atoms with Gasteiger partial charge in [0.15, 0.2) is 0 Å². The molecule has 0 unspecified atom stereocenters. The molecule has 0 fully saturated rings. The van der Waals surface area contributed by atoms with Gasteiger partial charge in [-0.15, -0.1) is 11.8 Å². The van der Waals surface area contributed by atoms with Gasteiger partial charge < -0.3 is 0 Å². The number of hydrogen-bond acceptors (Lipinski definition) is 3. The molecule has 5 heteroatoms. The standard InChI is InChI=1S/C19H20N2O2S/c1-14-3-7-16(8-4-14)9-12-18(22)20-21-19(23)13-24-17-10-5-15(2)6-11-17/h3-12H,13H2,1-2H3,(H,20,22)(H,21,23)/b12-9+. The van der Waals surface area contributed by atoms with Gasteiger partial charge in [-0.25, -0.2) is 0 Å². The van der Waals surface area contributed by atoms with Crippen LogP contribution in [0.5, 0.6) is 0 Å². The molecule has 0 saturated heterocycles. The van der Waals surface area contributed by atoms with Crippen molar-refractivity contribution in [3.8, 4) is 0 Å². The average Bonchev–Trinajstić information content (AvgIpc) is 2.59. The Labute approximate surface area is 146 Å². The third-order valence-electron chi connectivity index (χ3n) is 3.22. The van der Waals surface area contributed by atoms with E-state index >= 15 is 0 Å². The topological polar surface area (TPSA) is 58.2 Å². The molecule has 0 aromatic heterocycles. The van der Waals surface area contributed by atoms with Crippen molar-refractivity contribution in [2.75, 3.05) is 5.75 Å². The van der Waals surface area contributed by atoms with E-state index in [1.165, 1.54) is 23.4 Å². The highest BCUT2D eigenvalue weighted by Crippen LogP contribution is 2.17. The van der Waals surface area contributed by atoms with Crippen molar-refractivity contribution in [2.45, 2.75) is 18.7 Å². The Kier molecular flexibility index (Phi) is 6.63. The van der Waals surface area contributed by atoms with Crippen LogP contribution >= 0.6 is 11.8 Å². The number of benzene rings is 2. The number of carbonyl (C=O) groups is 2. The fourth-order valence-corrected chi connectivity index (χ4v) is 2.54. The number of hydrogen-bond donors (Lipinski definition) is 2. The lowest BCUT2D eigenvalue weighted by molar-refractivity contribution is -0.125. The van der Waals surface area contributed by atoms with Crippen molar-refractivity contribution in [3.05, 3.63) is 71.3 Å². The van der Waals surface area contributed by atoms with Crippen LogP contribution in [0.2, 0.25) is 0 Å². The highest BCUT2D eigenvalue weighted by molar-refractivity contribution is 8.00. The van der Waals surface area contributed by atoms with Crippen LogP contribution in [0.15, 0.2) is 59.5 Å². The molecule has 2 N–H and O–H groups in total. The number of nitrogens with one attached hydrogen (secondary N) is 2. The predicted octanol–water partition coefficient (Wildman–Crippen LogP) is 3.26. The van der Waals surface area contributed by atoms with Crippen molar-refractivity contribution in [2.24, 2.45) is 0 Å². The van der Waals surface area contributed by atoms with E-state index in [0.717, 1.165) is 16.0 Å². The number of rotatable bonds is 5. The summed E-state index contributed by atoms with van der Waals surface area (Å²) in [6.07, 6.45) is 3.08. The molecule has 0 spiro atoms.